The van der Waals surface area contributed by atoms with Gasteiger partial charge in [0, 0.05) is 5.33 Å². The number of alkyl halides is 1. The fraction of sp³-hybridized carbons (Fsp3) is 0.778. The molecule has 1 rings (SSSR count). The number of hydrogen-bond acceptors (Lipinski definition) is 0. The summed E-state index contributed by atoms with van der Waals surface area (Å²) in [5.41, 5.74) is 0. The summed E-state index contributed by atoms with van der Waals surface area (Å²) in [5.74, 6) is 0.895. The second kappa shape index (κ2) is 4.95. The zero-order valence-corrected chi connectivity index (χ0v) is 7.94. The molecule has 10 heavy (non-hydrogen) atoms. The quantitative estimate of drug-likeness (QED) is 0.475. The molecule has 0 aromatic rings. The van der Waals surface area contributed by atoms with E-state index in [1.807, 2.05) is 0 Å². The summed E-state index contributed by atoms with van der Waals surface area (Å²) in [7, 11) is 0. The van der Waals surface area contributed by atoms with Gasteiger partial charge < -0.3 is 0 Å². The van der Waals surface area contributed by atoms with Crippen molar-refractivity contribution in [3.05, 3.63) is 12.2 Å². The first kappa shape index (κ1) is 8.32. The van der Waals surface area contributed by atoms with Crippen molar-refractivity contribution in [3.8, 4) is 0 Å². The third kappa shape index (κ3) is 2.87. The molecule has 0 N–H and O–H groups in total. The largest absolute Gasteiger partial charge is 0.0883 e. The summed E-state index contributed by atoms with van der Waals surface area (Å²) in [4.78, 5) is 0. The second-order valence-electron chi connectivity index (χ2n) is 2.98. The molecule has 0 nitrogen and oxygen atoms in total. The van der Waals surface area contributed by atoms with Gasteiger partial charge in [-0.2, -0.15) is 0 Å². The van der Waals surface area contributed by atoms with Gasteiger partial charge in [0.15, 0.2) is 0 Å². The smallest absolute Gasteiger partial charge is 0.0212 e. The number of halogens is 1. The van der Waals surface area contributed by atoms with Gasteiger partial charge in [0.25, 0.3) is 0 Å². The van der Waals surface area contributed by atoms with Crippen LogP contribution in [0.15, 0.2) is 12.2 Å². The third-order valence-corrected chi connectivity index (χ3v) is 2.52. The van der Waals surface area contributed by atoms with Gasteiger partial charge in [0.2, 0.25) is 0 Å². The summed E-state index contributed by atoms with van der Waals surface area (Å²) in [6, 6.07) is 0. The highest BCUT2D eigenvalue weighted by molar-refractivity contribution is 9.09. The fourth-order valence-corrected chi connectivity index (χ4v) is 1.79. The van der Waals surface area contributed by atoms with Crippen LogP contribution < -0.4 is 0 Å². The number of rotatable bonds is 2. The van der Waals surface area contributed by atoms with E-state index in [-0.39, 0.29) is 0 Å². The molecule has 0 atom stereocenters. The van der Waals surface area contributed by atoms with Gasteiger partial charge in [-0.1, -0.05) is 47.3 Å². The van der Waals surface area contributed by atoms with Crippen molar-refractivity contribution in [2.75, 3.05) is 5.33 Å². The van der Waals surface area contributed by atoms with Gasteiger partial charge in [0.05, 0.1) is 0 Å². The Balaban J connectivity index is 2.19. The maximum Gasteiger partial charge on any atom is 0.0212 e. The first-order valence-electron chi connectivity index (χ1n) is 4.16. The van der Waals surface area contributed by atoms with E-state index in [0.29, 0.717) is 0 Å². The Labute approximate surface area is 71.8 Å². The molecule has 1 saturated carbocycles. The van der Waals surface area contributed by atoms with Crippen molar-refractivity contribution in [2.45, 2.75) is 32.1 Å². The van der Waals surface area contributed by atoms with Crippen molar-refractivity contribution in [2.24, 2.45) is 5.92 Å². The Morgan fingerprint density at radius 1 is 1.20 bits per heavy atom. The molecule has 0 radical (unpaired) electrons. The van der Waals surface area contributed by atoms with Crippen LogP contribution in [0.25, 0.3) is 0 Å². The lowest BCUT2D eigenvalue weighted by Crippen LogP contribution is -2.02. The van der Waals surface area contributed by atoms with E-state index in [0.717, 1.165) is 11.2 Å². The molecule has 0 aromatic heterocycles. The van der Waals surface area contributed by atoms with Crippen LogP contribution in [0, 0.1) is 5.92 Å². The Morgan fingerprint density at radius 3 is 2.50 bits per heavy atom. The van der Waals surface area contributed by atoms with Gasteiger partial charge >= 0.3 is 0 Å². The van der Waals surface area contributed by atoms with Gasteiger partial charge in [-0.3, -0.25) is 0 Å². The third-order valence-electron chi connectivity index (χ3n) is 2.15. The molecule has 0 heterocycles. The minimum absolute atomic E-state index is 0.895. The maximum atomic E-state index is 3.39. The summed E-state index contributed by atoms with van der Waals surface area (Å²) < 4.78 is 0. The summed E-state index contributed by atoms with van der Waals surface area (Å²) >= 11 is 3.39. The maximum absolute atomic E-state index is 3.39. The molecule has 1 aliphatic rings. The molecule has 0 amide bonds. The molecule has 0 saturated heterocycles. The minimum Gasteiger partial charge on any atom is -0.0883 e. The van der Waals surface area contributed by atoms with E-state index in [4.69, 9.17) is 0 Å². The van der Waals surface area contributed by atoms with Crippen LogP contribution in [-0.4, -0.2) is 5.33 Å². The fourth-order valence-electron chi connectivity index (χ4n) is 1.57. The Hall–Kier alpha value is 0.220. The van der Waals surface area contributed by atoms with Crippen LogP contribution in [0.1, 0.15) is 32.1 Å². The van der Waals surface area contributed by atoms with Gasteiger partial charge in [0.1, 0.15) is 0 Å². The van der Waals surface area contributed by atoms with Crippen molar-refractivity contribution in [1.29, 1.82) is 0 Å². The first-order chi connectivity index (χ1) is 4.93. The standard InChI is InChI=1S/C9H15Br/c10-8-4-7-9-5-2-1-3-6-9/h4,7,9H,1-3,5-6,8H2/b7-4-. The minimum atomic E-state index is 0.895. The van der Waals surface area contributed by atoms with E-state index >= 15 is 0 Å². The SMILES string of the molecule is BrC/C=C\C1CCCCC1. The summed E-state index contributed by atoms with van der Waals surface area (Å²) in [6.07, 6.45) is 11.8. The number of hydrogen-bond donors (Lipinski definition) is 0. The van der Waals surface area contributed by atoms with Crippen LogP contribution in [0.3, 0.4) is 0 Å². The monoisotopic (exact) mass is 202 g/mol. The summed E-state index contributed by atoms with van der Waals surface area (Å²) in [6.45, 7) is 0. The molecular formula is C9H15Br. The topological polar surface area (TPSA) is 0 Å². The zero-order valence-electron chi connectivity index (χ0n) is 6.35. The van der Waals surface area contributed by atoms with Gasteiger partial charge in [-0.25, -0.2) is 0 Å². The van der Waals surface area contributed by atoms with Crippen LogP contribution in [0.2, 0.25) is 0 Å². The van der Waals surface area contributed by atoms with Crippen LogP contribution >= 0.6 is 15.9 Å². The van der Waals surface area contributed by atoms with Crippen LogP contribution in [0.5, 0.6) is 0 Å². The average Bonchev–Trinajstić information content (AvgIpc) is 2.03. The first-order valence-corrected chi connectivity index (χ1v) is 5.28. The number of allylic oxidation sites excluding steroid dienone is 2. The lowest BCUT2D eigenvalue weighted by Gasteiger charge is -2.17. The second-order valence-corrected chi connectivity index (χ2v) is 3.63. The average molecular weight is 203 g/mol. The van der Waals surface area contributed by atoms with E-state index in [2.05, 4.69) is 28.1 Å². The van der Waals surface area contributed by atoms with E-state index in [1.165, 1.54) is 32.1 Å². The molecule has 0 spiro atoms. The van der Waals surface area contributed by atoms with Crippen molar-refractivity contribution in [1.82, 2.24) is 0 Å². The van der Waals surface area contributed by atoms with Crippen LogP contribution in [0.4, 0.5) is 0 Å². The molecule has 58 valence electrons. The Morgan fingerprint density at radius 2 is 1.90 bits per heavy atom. The predicted octanol–water partition coefficient (Wildman–Crippen LogP) is 3.52. The molecule has 1 fully saturated rings. The predicted molar refractivity (Wildman–Crippen MR) is 49.5 cm³/mol. The van der Waals surface area contributed by atoms with Gasteiger partial charge in [-0.05, 0) is 18.8 Å². The molecule has 0 bridgehead atoms. The molecule has 1 aliphatic carbocycles. The molecule has 0 aromatic carbocycles. The van der Waals surface area contributed by atoms with Crippen molar-refractivity contribution < 1.29 is 0 Å². The van der Waals surface area contributed by atoms with E-state index < -0.39 is 0 Å². The molecule has 0 aliphatic heterocycles. The van der Waals surface area contributed by atoms with E-state index in [1.54, 1.807) is 0 Å². The van der Waals surface area contributed by atoms with Crippen molar-refractivity contribution in [3.63, 3.8) is 0 Å². The van der Waals surface area contributed by atoms with E-state index in [9.17, 15) is 0 Å². The lowest BCUT2D eigenvalue weighted by molar-refractivity contribution is 0.419. The highest BCUT2D eigenvalue weighted by atomic mass is 79.9. The normalized spacial score (nSPS) is 22.1. The molecule has 0 unspecified atom stereocenters. The zero-order chi connectivity index (χ0) is 7.23. The van der Waals surface area contributed by atoms with Crippen LogP contribution in [-0.2, 0) is 0 Å². The Bertz CT molecular complexity index is 101. The highest BCUT2D eigenvalue weighted by Crippen LogP contribution is 2.24. The van der Waals surface area contributed by atoms with Crippen molar-refractivity contribution >= 4 is 15.9 Å². The van der Waals surface area contributed by atoms with Gasteiger partial charge in [-0.15, -0.1) is 0 Å². The molecule has 1 heteroatoms. The lowest BCUT2D eigenvalue weighted by atomic mass is 9.89. The Kier molecular flexibility index (Phi) is 4.12. The summed E-state index contributed by atoms with van der Waals surface area (Å²) in [5, 5.41) is 1.02. The molecular weight excluding hydrogens is 188 g/mol. The highest BCUT2D eigenvalue weighted by Gasteiger charge is 2.08.